The van der Waals surface area contributed by atoms with E-state index in [-0.39, 0.29) is 11.3 Å². The van der Waals surface area contributed by atoms with Crippen molar-refractivity contribution in [1.82, 2.24) is 9.80 Å². The Hall–Kier alpha value is -3.90. The molecule has 1 N–H and O–H groups in total. The number of carbonyl (C=O) groups is 2. The molecule has 1 fully saturated rings. The van der Waals surface area contributed by atoms with Crippen LogP contribution in [0.15, 0.2) is 84.4 Å². The minimum absolute atomic E-state index is 0.105. The van der Waals surface area contributed by atoms with Gasteiger partial charge < -0.3 is 19.6 Å². The van der Waals surface area contributed by atoms with Crippen LogP contribution in [0.4, 0.5) is 0 Å². The normalized spacial score (nSPS) is 17.0. The van der Waals surface area contributed by atoms with E-state index in [4.69, 9.17) is 4.74 Å². The summed E-state index contributed by atoms with van der Waals surface area (Å²) in [7, 11) is 0. The van der Waals surface area contributed by atoms with Crippen LogP contribution in [0.1, 0.15) is 43.0 Å². The Labute approximate surface area is 218 Å². The molecule has 1 aliphatic heterocycles. The van der Waals surface area contributed by atoms with Gasteiger partial charge in [0.15, 0.2) is 0 Å². The number of ether oxygens (including phenoxy) is 1. The Balaban J connectivity index is 1.73. The van der Waals surface area contributed by atoms with Crippen LogP contribution in [0.3, 0.4) is 0 Å². The van der Waals surface area contributed by atoms with Gasteiger partial charge in [-0.3, -0.25) is 9.59 Å². The molecule has 1 saturated heterocycles. The highest BCUT2D eigenvalue weighted by molar-refractivity contribution is 6.46. The summed E-state index contributed by atoms with van der Waals surface area (Å²) >= 11 is 0. The van der Waals surface area contributed by atoms with E-state index < -0.39 is 17.7 Å². The number of nitrogens with zero attached hydrogens (tertiary/aromatic N) is 2. The third kappa shape index (κ3) is 5.92. The number of hydrogen-bond donors (Lipinski definition) is 1. The minimum Gasteiger partial charge on any atom is -0.507 e. The van der Waals surface area contributed by atoms with E-state index in [1.54, 1.807) is 17.0 Å². The maximum absolute atomic E-state index is 13.3. The number of aliphatic hydroxyl groups excluding tert-OH is 1. The van der Waals surface area contributed by atoms with E-state index in [0.29, 0.717) is 29.2 Å². The lowest BCUT2D eigenvalue weighted by Gasteiger charge is -2.27. The second-order valence-electron chi connectivity index (χ2n) is 9.23. The Morgan fingerprint density at radius 3 is 2.27 bits per heavy atom. The average Bonchev–Trinajstić information content (AvgIpc) is 3.17. The van der Waals surface area contributed by atoms with Crippen molar-refractivity contribution >= 4 is 17.4 Å². The number of para-hydroxylation sites is 1. The van der Waals surface area contributed by atoms with E-state index in [1.165, 1.54) is 0 Å². The van der Waals surface area contributed by atoms with Gasteiger partial charge in [0.1, 0.15) is 17.3 Å². The fraction of sp³-hybridized carbons (Fsp3) is 0.290. The van der Waals surface area contributed by atoms with E-state index in [1.807, 2.05) is 73.7 Å². The first kappa shape index (κ1) is 26.2. The molecule has 0 bridgehead atoms. The number of likely N-dealkylation sites (tertiary alicyclic amines) is 1. The summed E-state index contributed by atoms with van der Waals surface area (Å²) < 4.78 is 6.03. The molecule has 1 aliphatic rings. The molecule has 1 unspecified atom stereocenters. The average molecular weight is 499 g/mol. The molecule has 3 aromatic carbocycles. The number of aliphatic hydroxyl groups is 1. The molecule has 1 atom stereocenters. The van der Waals surface area contributed by atoms with E-state index in [0.717, 1.165) is 31.6 Å². The standard InChI is InChI=1S/C31H34N2O4/c1-4-32(5-2)19-10-20-33-28(24-11-9-14-26(21-24)37-25-12-7-6-8-13-25)27(30(35)31(33)36)29(34)23-17-15-22(3)16-18-23/h6-9,11-18,21,28,34H,4-5,10,19-20H2,1-3H3/b29-27+. The first-order valence-corrected chi connectivity index (χ1v) is 12.8. The van der Waals surface area contributed by atoms with Crippen LogP contribution in [0.2, 0.25) is 0 Å². The topological polar surface area (TPSA) is 70.1 Å². The summed E-state index contributed by atoms with van der Waals surface area (Å²) in [6.07, 6.45) is 0.718. The van der Waals surface area contributed by atoms with Crippen LogP contribution in [0, 0.1) is 6.92 Å². The van der Waals surface area contributed by atoms with Gasteiger partial charge in [0.05, 0.1) is 11.6 Å². The maximum atomic E-state index is 13.3. The lowest BCUT2D eigenvalue weighted by Crippen LogP contribution is -2.33. The molecule has 6 heteroatoms. The number of hydrogen-bond acceptors (Lipinski definition) is 5. The van der Waals surface area contributed by atoms with Crippen molar-refractivity contribution < 1.29 is 19.4 Å². The van der Waals surface area contributed by atoms with Gasteiger partial charge in [-0.1, -0.05) is 74.0 Å². The van der Waals surface area contributed by atoms with Crippen molar-refractivity contribution in [2.45, 2.75) is 33.2 Å². The molecular weight excluding hydrogens is 464 g/mol. The summed E-state index contributed by atoms with van der Waals surface area (Å²) in [4.78, 5) is 30.5. The summed E-state index contributed by atoms with van der Waals surface area (Å²) in [5.41, 5.74) is 2.36. The third-order valence-corrected chi connectivity index (χ3v) is 6.79. The zero-order chi connectivity index (χ0) is 26.4. The summed E-state index contributed by atoms with van der Waals surface area (Å²) in [6.45, 7) is 9.23. The molecule has 0 radical (unpaired) electrons. The first-order chi connectivity index (χ1) is 17.9. The smallest absolute Gasteiger partial charge is 0.295 e. The monoisotopic (exact) mass is 498 g/mol. The molecule has 1 amide bonds. The van der Waals surface area contributed by atoms with Gasteiger partial charge in [0.25, 0.3) is 11.7 Å². The van der Waals surface area contributed by atoms with Gasteiger partial charge >= 0.3 is 0 Å². The van der Waals surface area contributed by atoms with Crippen LogP contribution >= 0.6 is 0 Å². The number of carbonyl (C=O) groups excluding carboxylic acids is 2. The Kier molecular flexibility index (Phi) is 8.41. The van der Waals surface area contributed by atoms with Crippen LogP contribution in [-0.2, 0) is 9.59 Å². The highest BCUT2D eigenvalue weighted by atomic mass is 16.5. The fourth-order valence-corrected chi connectivity index (χ4v) is 4.70. The number of ketones is 1. The van der Waals surface area contributed by atoms with Gasteiger partial charge in [-0.15, -0.1) is 0 Å². The van der Waals surface area contributed by atoms with E-state index in [2.05, 4.69) is 18.7 Å². The lowest BCUT2D eigenvalue weighted by atomic mass is 9.95. The zero-order valence-corrected chi connectivity index (χ0v) is 21.7. The van der Waals surface area contributed by atoms with Gasteiger partial charge in [-0.2, -0.15) is 0 Å². The molecule has 6 nitrogen and oxygen atoms in total. The van der Waals surface area contributed by atoms with Crippen molar-refractivity contribution in [3.05, 3.63) is 101 Å². The molecular formula is C31H34N2O4. The molecule has 0 aromatic heterocycles. The Bertz CT molecular complexity index is 1260. The predicted octanol–water partition coefficient (Wildman–Crippen LogP) is 5.94. The molecule has 192 valence electrons. The molecule has 1 heterocycles. The number of Topliss-reactive ketones (excluding diaryl/α,β-unsaturated/α-hetero) is 1. The predicted molar refractivity (Wildman–Crippen MR) is 146 cm³/mol. The first-order valence-electron chi connectivity index (χ1n) is 12.8. The minimum atomic E-state index is -0.711. The SMILES string of the molecule is CCN(CC)CCCN1C(=O)C(=O)/C(=C(/O)c2ccc(C)cc2)C1c1cccc(Oc2ccccc2)c1. The van der Waals surface area contributed by atoms with Gasteiger partial charge in [0, 0.05) is 12.1 Å². The number of rotatable bonds is 10. The second kappa shape index (κ2) is 11.9. The summed E-state index contributed by atoms with van der Waals surface area (Å²) in [5.74, 6) is -0.141. The number of benzene rings is 3. The largest absolute Gasteiger partial charge is 0.507 e. The highest BCUT2D eigenvalue weighted by Crippen LogP contribution is 2.40. The van der Waals surface area contributed by atoms with Crippen molar-refractivity contribution in [1.29, 1.82) is 0 Å². The number of aryl methyl sites for hydroxylation is 1. The molecule has 37 heavy (non-hydrogen) atoms. The molecule has 0 spiro atoms. The van der Waals surface area contributed by atoms with Gasteiger partial charge in [0.2, 0.25) is 0 Å². The number of amides is 1. The zero-order valence-electron chi connectivity index (χ0n) is 21.7. The molecule has 0 saturated carbocycles. The van der Waals surface area contributed by atoms with Crippen LogP contribution in [0.5, 0.6) is 11.5 Å². The lowest BCUT2D eigenvalue weighted by molar-refractivity contribution is -0.140. The summed E-state index contributed by atoms with van der Waals surface area (Å²) in [6, 6.07) is 23.4. The maximum Gasteiger partial charge on any atom is 0.295 e. The highest BCUT2D eigenvalue weighted by Gasteiger charge is 2.45. The van der Waals surface area contributed by atoms with Gasteiger partial charge in [-0.25, -0.2) is 0 Å². The third-order valence-electron chi connectivity index (χ3n) is 6.79. The molecule has 0 aliphatic carbocycles. The Morgan fingerprint density at radius 2 is 1.59 bits per heavy atom. The second-order valence-corrected chi connectivity index (χ2v) is 9.23. The fourth-order valence-electron chi connectivity index (χ4n) is 4.70. The van der Waals surface area contributed by atoms with E-state index >= 15 is 0 Å². The van der Waals surface area contributed by atoms with Crippen molar-refractivity contribution in [3.63, 3.8) is 0 Å². The van der Waals surface area contributed by atoms with Gasteiger partial charge in [-0.05, 0) is 62.8 Å². The Morgan fingerprint density at radius 1 is 0.919 bits per heavy atom. The quantitative estimate of drug-likeness (QED) is 0.213. The van der Waals surface area contributed by atoms with Crippen molar-refractivity contribution in [3.8, 4) is 11.5 Å². The van der Waals surface area contributed by atoms with Crippen LogP contribution in [0.25, 0.3) is 5.76 Å². The van der Waals surface area contributed by atoms with Crippen molar-refractivity contribution in [2.75, 3.05) is 26.2 Å². The summed E-state index contributed by atoms with van der Waals surface area (Å²) in [5, 5.41) is 11.3. The molecule has 3 aromatic rings. The van der Waals surface area contributed by atoms with Crippen LogP contribution in [-0.4, -0.2) is 52.8 Å². The molecule has 4 rings (SSSR count). The van der Waals surface area contributed by atoms with Crippen LogP contribution < -0.4 is 4.74 Å². The van der Waals surface area contributed by atoms with Crippen molar-refractivity contribution in [2.24, 2.45) is 0 Å². The van der Waals surface area contributed by atoms with E-state index in [9.17, 15) is 14.7 Å².